The van der Waals surface area contributed by atoms with Gasteiger partial charge in [0.1, 0.15) is 0 Å². The molecule has 100 valence electrons. The molecule has 1 fully saturated rings. The number of nitrogens with one attached hydrogen (secondary N) is 1. The monoisotopic (exact) mass is 250 g/mol. The fourth-order valence-electron chi connectivity index (χ4n) is 2.18. The van der Waals surface area contributed by atoms with Gasteiger partial charge in [-0.25, -0.2) is 0 Å². The molecular formula is C13H22N4O. The Balaban J connectivity index is 2.00. The molecule has 0 aromatic carbocycles. The Hall–Kier alpha value is -1.36. The van der Waals surface area contributed by atoms with E-state index in [2.05, 4.69) is 10.4 Å². The Morgan fingerprint density at radius 2 is 2.28 bits per heavy atom. The number of nitrogens with two attached hydrogens (primary N) is 1. The van der Waals surface area contributed by atoms with Crippen LogP contribution in [0.2, 0.25) is 0 Å². The highest BCUT2D eigenvalue weighted by Crippen LogP contribution is 2.24. The first-order valence-corrected chi connectivity index (χ1v) is 6.49. The van der Waals surface area contributed by atoms with Gasteiger partial charge in [-0.1, -0.05) is 0 Å². The van der Waals surface area contributed by atoms with Crippen LogP contribution in [0.1, 0.15) is 37.6 Å². The fourth-order valence-corrected chi connectivity index (χ4v) is 2.18. The van der Waals surface area contributed by atoms with Crippen molar-refractivity contribution < 1.29 is 4.79 Å². The maximum atomic E-state index is 11.6. The summed E-state index contributed by atoms with van der Waals surface area (Å²) in [5, 5.41) is 7.75. The lowest BCUT2D eigenvalue weighted by atomic mass is 9.96. The quantitative estimate of drug-likeness (QED) is 0.787. The van der Waals surface area contributed by atoms with Crippen molar-refractivity contribution in [3.05, 3.63) is 17.5 Å². The zero-order chi connectivity index (χ0) is 13.3. The van der Waals surface area contributed by atoms with Crippen LogP contribution in [0, 0.1) is 13.8 Å². The minimum absolute atomic E-state index is 0.282. The van der Waals surface area contributed by atoms with Crippen LogP contribution in [0.25, 0.3) is 0 Å². The van der Waals surface area contributed by atoms with E-state index in [0.29, 0.717) is 19.0 Å². The smallest absolute Gasteiger partial charge is 0.237 e. The van der Waals surface area contributed by atoms with Gasteiger partial charge in [0.05, 0.1) is 11.2 Å². The van der Waals surface area contributed by atoms with Gasteiger partial charge in [-0.2, -0.15) is 5.10 Å². The molecule has 2 rings (SSSR count). The van der Waals surface area contributed by atoms with Crippen molar-refractivity contribution in [1.82, 2.24) is 15.1 Å². The van der Waals surface area contributed by atoms with E-state index < -0.39 is 5.54 Å². The molecule has 3 N–H and O–H groups in total. The van der Waals surface area contributed by atoms with E-state index in [1.807, 2.05) is 31.5 Å². The maximum Gasteiger partial charge on any atom is 0.237 e. The second-order valence-corrected chi connectivity index (χ2v) is 5.52. The average molecular weight is 250 g/mol. The second-order valence-electron chi connectivity index (χ2n) is 5.52. The van der Waals surface area contributed by atoms with E-state index in [1.165, 1.54) is 0 Å². The van der Waals surface area contributed by atoms with Crippen molar-refractivity contribution in [2.24, 2.45) is 5.73 Å². The molecule has 1 aliphatic carbocycles. The Bertz CT molecular complexity index is 450. The van der Waals surface area contributed by atoms with Gasteiger partial charge in [0.2, 0.25) is 5.91 Å². The molecule has 0 saturated heterocycles. The number of primary amides is 1. The van der Waals surface area contributed by atoms with E-state index in [0.717, 1.165) is 24.2 Å². The molecule has 5 heteroatoms. The number of hydrogen-bond acceptors (Lipinski definition) is 3. The maximum absolute atomic E-state index is 11.6. The van der Waals surface area contributed by atoms with Crippen LogP contribution in [0.4, 0.5) is 0 Å². The lowest BCUT2D eigenvalue weighted by Gasteiger charge is -2.27. The van der Waals surface area contributed by atoms with Crippen LogP contribution in [0.5, 0.6) is 0 Å². The second kappa shape index (κ2) is 4.72. The summed E-state index contributed by atoms with van der Waals surface area (Å²) in [6, 6.07) is 2.50. The van der Waals surface area contributed by atoms with E-state index in [4.69, 9.17) is 5.73 Å². The number of rotatable bonds is 6. The lowest BCUT2D eigenvalue weighted by molar-refractivity contribution is -0.124. The third kappa shape index (κ3) is 2.90. The van der Waals surface area contributed by atoms with Gasteiger partial charge in [-0.15, -0.1) is 0 Å². The SMILES string of the molecule is Cc1cc(C)n(CCC(C)(NC2CC2)C(N)=O)n1. The number of hydrogen-bond donors (Lipinski definition) is 2. The third-order valence-corrected chi connectivity index (χ3v) is 3.57. The van der Waals surface area contributed by atoms with Gasteiger partial charge in [0, 0.05) is 18.3 Å². The summed E-state index contributed by atoms with van der Waals surface area (Å²) in [5.41, 5.74) is 7.01. The Labute approximate surface area is 108 Å². The molecule has 18 heavy (non-hydrogen) atoms. The molecule has 0 bridgehead atoms. The standard InChI is InChI=1S/C13H22N4O/c1-9-8-10(2)17(16-9)7-6-13(3,12(14)18)15-11-4-5-11/h8,11,15H,4-7H2,1-3H3,(H2,14,18). The molecule has 0 spiro atoms. The number of nitrogens with zero attached hydrogens (tertiary/aromatic N) is 2. The molecule has 5 nitrogen and oxygen atoms in total. The number of aryl methyl sites for hydroxylation is 3. The van der Waals surface area contributed by atoms with Crippen LogP contribution in [-0.2, 0) is 11.3 Å². The summed E-state index contributed by atoms with van der Waals surface area (Å²) in [6.07, 6.45) is 2.95. The molecule has 0 aliphatic heterocycles. The number of carbonyl (C=O) groups excluding carboxylic acids is 1. The zero-order valence-electron chi connectivity index (χ0n) is 11.4. The van der Waals surface area contributed by atoms with E-state index in [1.54, 1.807) is 0 Å². The van der Waals surface area contributed by atoms with Crippen molar-refractivity contribution in [3.63, 3.8) is 0 Å². The summed E-state index contributed by atoms with van der Waals surface area (Å²) in [7, 11) is 0. The summed E-state index contributed by atoms with van der Waals surface area (Å²) in [4.78, 5) is 11.6. The Kier molecular flexibility index (Phi) is 3.43. The molecule has 1 heterocycles. The number of aromatic nitrogens is 2. The molecule has 1 saturated carbocycles. The minimum atomic E-state index is -0.631. The van der Waals surface area contributed by atoms with Crippen LogP contribution < -0.4 is 11.1 Å². The highest BCUT2D eigenvalue weighted by molar-refractivity contribution is 5.84. The van der Waals surface area contributed by atoms with E-state index in [-0.39, 0.29) is 5.91 Å². The van der Waals surface area contributed by atoms with Crippen molar-refractivity contribution in [2.75, 3.05) is 0 Å². The first kappa shape index (κ1) is 13.1. The molecule has 1 aliphatic rings. The summed E-state index contributed by atoms with van der Waals surface area (Å²) >= 11 is 0. The summed E-state index contributed by atoms with van der Waals surface area (Å²) < 4.78 is 1.94. The molecule has 1 aromatic rings. The topological polar surface area (TPSA) is 72.9 Å². The molecule has 1 aromatic heterocycles. The van der Waals surface area contributed by atoms with Crippen molar-refractivity contribution in [2.45, 2.75) is 58.2 Å². The zero-order valence-corrected chi connectivity index (χ0v) is 11.4. The van der Waals surface area contributed by atoms with E-state index >= 15 is 0 Å². The van der Waals surface area contributed by atoms with Crippen molar-refractivity contribution in [1.29, 1.82) is 0 Å². The Morgan fingerprint density at radius 1 is 1.61 bits per heavy atom. The summed E-state index contributed by atoms with van der Waals surface area (Å²) in [5.74, 6) is -0.282. The highest BCUT2D eigenvalue weighted by Gasteiger charge is 2.36. The van der Waals surface area contributed by atoms with Crippen LogP contribution in [0.3, 0.4) is 0 Å². The third-order valence-electron chi connectivity index (χ3n) is 3.57. The van der Waals surface area contributed by atoms with Gasteiger partial charge in [-0.05, 0) is 46.1 Å². The van der Waals surface area contributed by atoms with Crippen LogP contribution >= 0.6 is 0 Å². The van der Waals surface area contributed by atoms with Gasteiger partial charge in [0.15, 0.2) is 0 Å². The Morgan fingerprint density at radius 3 is 2.72 bits per heavy atom. The molecule has 1 amide bonds. The highest BCUT2D eigenvalue weighted by atomic mass is 16.1. The average Bonchev–Trinajstić information content (AvgIpc) is 3.01. The predicted octanol–water partition coefficient (Wildman–Crippen LogP) is 0.886. The lowest BCUT2D eigenvalue weighted by Crippen LogP contribution is -2.54. The fraction of sp³-hybridized carbons (Fsp3) is 0.692. The van der Waals surface area contributed by atoms with Gasteiger partial charge < -0.3 is 11.1 Å². The van der Waals surface area contributed by atoms with Gasteiger partial charge >= 0.3 is 0 Å². The summed E-state index contributed by atoms with van der Waals surface area (Å²) in [6.45, 7) is 6.59. The molecular weight excluding hydrogens is 228 g/mol. The largest absolute Gasteiger partial charge is 0.368 e. The molecule has 1 atom stereocenters. The molecule has 1 unspecified atom stereocenters. The van der Waals surface area contributed by atoms with Crippen molar-refractivity contribution in [3.8, 4) is 0 Å². The predicted molar refractivity (Wildman–Crippen MR) is 70.1 cm³/mol. The van der Waals surface area contributed by atoms with E-state index in [9.17, 15) is 4.79 Å². The van der Waals surface area contributed by atoms with Crippen LogP contribution in [-0.4, -0.2) is 27.3 Å². The first-order chi connectivity index (χ1) is 8.40. The normalized spacial score (nSPS) is 18.6. The van der Waals surface area contributed by atoms with Crippen molar-refractivity contribution >= 4 is 5.91 Å². The first-order valence-electron chi connectivity index (χ1n) is 6.49. The van der Waals surface area contributed by atoms with Gasteiger partial charge in [-0.3, -0.25) is 9.48 Å². The minimum Gasteiger partial charge on any atom is -0.368 e. The molecule has 0 radical (unpaired) electrons. The number of amides is 1. The van der Waals surface area contributed by atoms with Crippen LogP contribution in [0.15, 0.2) is 6.07 Å². The van der Waals surface area contributed by atoms with Gasteiger partial charge in [0.25, 0.3) is 0 Å². The number of carbonyl (C=O) groups is 1.